The summed E-state index contributed by atoms with van der Waals surface area (Å²) in [6, 6.07) is 8.03. The lowest BCUT2D eigenvalue weighted by Crippen LogP contribution is -2.02. The van der Waals surface area contributed by atoms with Crippen LogP contribution < -0.4 is 5.63 Å². The highest BCUT2D eigenvalue weighted by Crippen LogP contribution is 2.56. The Morgan fingerprint density at radius 1 is 1.14 bits per heavy atom. The minimum Gasteiger partial charge on any atom is -0.423 e. The van der Waals surface area contributed by atoms with Crippen molar-refractivity contribution in [1.82, 2.24) is 0 Å². The van der Waals surface area contributed by atoms with Gasteiger partial charge in [0, 0.05) is 33.4 Å². The van der Waals surface area contributed by atoms with Crippen LogP contribution in [0.3, 0.4) is 0 Å². The molecule has 6 heteroatoms. The summed E-state index contributed by atoms with van der Waals surface area (Å²) in [5, 5.41) is 4.21. The molecule has 2 aromatic rings. The maximum atomic E-state index is 12.6. The number of ketones is 1. The highest BCUT2D eigenvalue weighted by molar-refractivity contribution is 8.31. The number of benzene rings is 1. The van der Waals surface area contributed by atoms with E-state index in [1.807, 2.05) is 0 Å². The Balaban J connectivity index is 2.00. The molecule has 0 amide bonds. The molecule has 0 atom stereocenters. The second-order valence-electron chi connectivity index (χ2n) is 4.63. The van der Waals surface area contributed by atoms with Gasteiger partial charge in [-0.25, -0.2) is 4.79 Å². The van der Waals surface area contributed by atoms with Crippen LogP contribution in [0.5, 0.6) is 0 Å². The van der Waals surface area contributed by atoms with Gasteiger partial charge in [0.1, 0.15) is 5.58 Å². The van der Waals surface area contributed by atoms with Gasteiger partial charge in [-0.2, -0.15) is 0 Å². The first-order chi connectivity index (χ1) is 10.6. The van der Waals surface area contributed by atoms with E-state index in [9.17, 15) is 9.59 Å². The van der Waals surface area contributed by atoms with E-state index in [0.29, 0.717) is 16.7 Å². The Hall–Kier alpha value is -2.15. The van der Waals surface area contributed by atoms with Gasteiger partial charge in [0.05, 0.1) is 14.2 Å². The van der Waals surface area contributed by atoms with E-state index in [2.05, 4.69) is 0 Å². The third-order valence-electron chi connectivity index (χ3n) is 3.40. The monoisotopic (exact) mass is 318 g/mol. The van der Waals surface area contributed by atoms with Crippen LogP contribution in [-0.4, -0.2) is 20.0 Å². The zero-order chi connectivity index (χ0) is 15.7. The van der Waals surface area contributed by atoms with Gasteiger partial charge in [-0.3, -0.25) is 13.2 Å². The molecule has 0 spiro atoms. The van der Waals surface area contributed by atoms with Crippen molar-refractivity contribution >= 4 is 27.3 Å². The van der Waals surface area contributed by atoms with Gasteiger partial charge in [0.2, 0.25) is 0 Å². The van der Waals surface area contributed by atoms with Crippen LogP contribution in [-0.2, 0) is 8.37 Å². The van der Waals surface area contributed by atoms with Gasteiger partial charge in [-0.1, -0.05) is 12.1 Å². The van der Waals surface area contributed by atoms with Crippen LogP contribution in [0, 0.1) is 0 Å². The fraction of sp³-hybridized carbons (Fsp3) is 0.125. The molecular weight excluding hydrogens is 304 g/mol. The predicted molar refractivity (Wildman–Crippen MR) is 85.6 cm³/mol. The van der Waals surface area contributed by atoms with Crippen molar-refractivity contribution in [2.75, 3.05) is 14.2 Å². The molecule has 114 valence electrons. The highest BCUT2D eigenvalue weighted by atomic mass is 32.3. The number of Topliss-reactive ketones (excluding diaryl/α,β-unsaturated/α-hetero) is 1. The van der Waals surface area contributed by atoms with E-state index in [4.69, 9.17) is 12.8 Å². The molecule has 0 radical (unpaired) electrons. The molecule has 22 heavy (non-hydrogen) atoms. The summed E-state index contributed by atoms with van der Waals surface area (Å²) >= 11 is 0. The zero-order valence-corrected chi connectivity index (χ0v) is 12.9. The van der Waals surface area contributed by atoms with Crippen molar-refractivity contribution in [3.05, 3.63) is 68.8 Å². The maximum absolute atomic E-state index is 12.6. The summed E-state index contributed by atoms with van der Waals surface area (Å²) in [5.74, 6) is -0.173. The number of carbonyl (C=O) groups excluding carboxylic acids is 1. The van der Waals surface area contributed by atoms with Crippen molar-refractivity contribution in [3.63, 3.8) is 0 Å². The molecule has 2 heterocycles. The van der Waals surface area contributed by atoms with Crippen molar-refractivity contribution in [2.45, 2.75) is 0 Å². The summed E-state index contributed by atoms with van der Waals surface area (Å²) in [6.45, 7) is 0. The number of hydrogen-bond acceptors (Lipinski definition) is 5. The van der Waals surface area contributed by atoms with E-state index in [-0.39, 0.29) is 5.78 Å². The lowest BCUT2D eigenvalue weighted by Gasteiger charge is -2.31. The van der Waals surface area contributed by atoms with E-state index >= 15 is 0 Å². The van der Waals surface area contributed by atoms with Crippen molar-refractivity contribution in [3.8, 4) is 0 Å². The molecule has 3 rings (SSSR count). The first-order valence-corrected chi connectivity index (χ1v) is 8.11. The number of hydrogen-bond donors (Lipinski definition) is 0. The molecule has 0 saturated heterocycles. The fourth-order valence-electron chi connectivity index (χ4n) is 2.20. The van der Waals surface area contributed by atoms with Gasteiger partial charge >= 0.3 is 5.63 Å². The lowest BCUT2D eigenvalue weighted by molar-refractivity contribution is 0.103. The van der Waals surface area contributed by atoms with E-state index in [1.54, 1.807) is 41.2 Å². The molecule has 0 fully saturated rings. The average Bonchev–Trinajstić information content (AvgIpc) is 2.98. The second-order valence-corrected chi connectivity index (χ2v) is 6.99. The molecule has 1 aliphatic rings. The molecule has 0 aliphatic carbocycles. The SMILES string of the molecule is COS1(OC)C=CC(C(=O)c2ccc3ccc(=O)oc3c2)=C1. The van der Waals surface area contributed by atoms with Gasteiger partial charge in [-0.05, 0) is 18.2 Å². The number of fused-ring (bicyclic) bond motifs is 1. The van der Waals surface area contributed by atoms with Gasteiger partial charge < -0.3 is 4.42 Å². The number of carbonyl (C=O) groups is 1. The molecule has 0 unspecified atom stereocenters. The molecule has 0 saturated carbocycles. The highest BCUT2D eigenvalue weighted by Gasteiger charge is 2.23. The van der Waals surface area contributed by atoms with E-state index in [1.165, 1.54) is 20.3 Å². The summed E-state index contributed by atoms with van der Waals surface area (Å²) in [7, 11) is 1.15. The molecule has 5 nitrogen and oxygen atoms in total. The first-order valence-electron chi connectivity index (χ1n) is 6.50. The van der Waals surface area contributed by atoms with Gasteiger partial charge in [0.25, 0.3) is 0 Å². The zero-order valence-electron chi connectivity index (χ0n) is 12.1. The topological polar surface area (TPSA) is 65.7 Å². The molecule has 1 aromatic carbocycles. The smallest absolute Gasteiger partial charge is 0.336 e. The summed E-state index contributed by atoms with van der Waals surface area (Å²) in [6.07, 6.45) is 1.69. The van der Waals surface area contributed by atoms with Crippen molar-refractivity contribution < 1.29 is 17.6 Å². The normalized spacial score (nSPS) is 17.5. The molecule has 0 bridgehead atoms. The molecule has 0 N–H and O–H groups in total. The Morgan fingerprint density at radius 2 is 1.86 bits per heavy atom. The third-order valence-corrected chi connectivity index (χ3v) is 5.54. The Labute approximate surface area is 128 Å². The van der Waals surface area contributed by atoms with Crippen LogP contribution >= 0.6 is 10.6 Å². The minimum absolute atomic E-state index is 0.173. The lowest BCUT2D eigenvalue weighted by atomic mass is 10.0. The van der Waals surface area contributed by atoms with E-state index < -0.39 is 16.2 Å². The third kappa shape index (κ3) is 2.52. The molecule has 1 aromatic heterocycles. The standard InChI is InChI=1S/C16H14O5S/c1-19-22(20-2)8-7-13(10-22)16(18)12-4-3-11-5-6-15(17)21-14(11)9-12/h3-10H,1-2H3. The maximum Gasteiger partial charge on any atom is 0.336 e. The van der Waals surface area contributed by atoms with Crippen LogP contribution in [0.15, 0.2) is 62.0 Å². The molecular formula is C16H14O5S. The van der Waals surface area contributed by atoms with Crippen LogP contribution in [0.4, 0.5) is 0 Å². The predicted octanol–water partition coefficient (Wildman–Crippen LogP) is 3.31. The Bertz CT molecular complexity index is 858. The summed E-state index contributed by atoms with van der Waals surface area (Å²) < 4.78 is 15.8. The van der Waals surface area contributed by atoms with Gasteiger partial charge in [-0.15, -0.1) is 10.6 Å². The van der Waals surface area contributed by atoms with Crippen LogP contribution in [0.1, 0.15) is 10.4 Å². The van der Waals surface area contributed by atoms with Crippen molar-refractivity contribution in [1.29, 1.82) is 0 Å². The largest absolute Gasteiger partial charge is 0.423 e. The summed E-state index contributed by atoms with van der Waals surface area (Å²) in [4.78, 5) is 23.8. The first kappa shape index (κ1) is 14.8. The second kappa shape index (κ2) is 5.57. The van der Waals surface area contributed by atoms with Crippen LogP contribution in [0.2, 0.25) is 0 Å². The van der Waals surface area contributed by atoms with Crippen molar-refractivity contribution in [2.24, 2.45) is 0 Å². The quantitative estimate of drug-likeness (QED) is 0.639. The minimum atomic E-state index is -1.93. The van der Waals surface area contributed by atoms with Gasteiger partial charge in [0.15, 0.2) is 5.78 Å². The average molecular weight is 318 g/mol. The fourth-order valence-corrected chi connectivity index (χ4v) is 3.70. The van der Waals surface area contributed by atoms with Crippen LogP contribution in [0.25, 0.3) is 11.0 Å². The Kier molecular flexibility index (Phi) is 3.74. The Morgan fingerprint density at radius 3 is 2.55 bits per heavy atom. The van der Waals surface area contributed by atoms with E-state index in [0.717, 1.165) is 5.39 Å². The summed E-state index contributed by atoms with van der Waals surface area (Å²) in [5.41, 5.74) is 0.883. The molecule has 1 aliphatic heterocycles. The number of allylic oxidation sites excluding steroid dienone is 2. The number of rotatable bonds is 4.